The smallest absolute Gasteiger partial charge is 0.160 e. The van der Waals surface area contributed by atoms with Crippen LogP contribution in [0.1, 0.15) is 8.22 Å². The van der Waals surface area contributed by atoms with Crippen molar-refractivity contribution in [3.8, 4) is 22.9 Å². The summed E-state index contributed by atoms with van der Waals surface area (Å²) in [6.07, 6.45) is 1.62. The predicted molar refractivity (Wildman–Crippen MR) is 85.8 cm³/mol. The average Bonchev–Trinajstić information content (AvgIpc) is 2.50. The molecule has 1 heterocycles. The maximum Gasteiger partial charge on any atom is 0.160 e. The zero-order chi connectivity index (χ0) is 19.8. The fourth-order valence-electron chi connectivity index (χ4n) is 1.96. The van der Waals surface area contributed by atoms with Crippen LogP contribution in [-0.2, 0) is 0 Å². The molecule has 0 spiro atoms. The predicted octanol–water partition coefficient (Wildman–Crippen LogP) is 4.08. The van der Waals surface area contributed by atoms with Gasteiger partial charge in [0.2, 0.25) is 0 Å². The first-order valence-corrected chi connectivity index (χ1v) is 6.74. The van der Waals surface area contributed by atoms with Gasteiger partial charge in [0.25, 0.3) is 0 Å². The highest BCUT2D eigenvalue weighted by atomic mass is 79.9. The summed E-state index contributed by atoms with van der Waals surface area (Å²) in [7, 11) is -5.40. The SMILES string of the molecule is [2H]C([2H])([2H])Oc1cc(OC([2H])([2H])[2H])cc(-c2ncc3cc(Br)ccc3n2)c1. The number of aromatic nitrogens is 2. The Kier molecular flexibility index (Phi) is 2.26. The summed E-state index contributed by atoms with van der Waals surface area (Å²) in [6.45, 7) is 0. The largest absolute Gasteiger partial charge is 0.497 e. The van der Waals surface area contributed by atoms with Crippen molar-refractivity contribution in [1.82, 2.24) is 9.97 Å². The van der Waals surface area contributed by atoms with Crippen LogP contribution in [0.2, 0.25) is 0 Å². The monoisotopic (exact) mass is 350 g/mol. The van der Waals surface area contributed by atoms with Crippen molar-refractivity contribution in [1.29, 1.82) is 0 Å². The van der Waals surface area contributed by atoms with E-state index in [1.54, 1.807) is 12.3 Å². The molecule has 0 N–H and O–H groups in total. The zero-order valence-electron chi connectivity index (χ0n) is 16.6. The van der Waals surface area contributed by atoms with E-state index in [-0.39, 0.29) is 17.3 Å². The summed E-state index contributed by atoms with van der Waals surface area (Å²) in [5, 5.41) is 0.807. The first-order valence-electron chi connectivity index (χ1n) is 8.94. The number of rotatable bonds is 3. The Balaban J connectivity index is 2.08. The Morgan fingerprint density at radius 2 is 1.81 bits per heavy atom. The van der Waals surface area contributed by atoms with Crippen LogP contribution in [0.25, 0.3) is 22.3 Å². The molecule has 0 aliphatic heterocycles. The minimum atomic E-state index is -2.70. The summed E-state index contributed by atoms with van der Waals surface area (Å²) in [5.74, 6) is 0.119. The number of nitrogens with zero attached hydrogens (tertiary/aromatic N) is 2. The van der Waals surface area contributed by atoms with Crippen molar-refractivity contribution in [2.45, 2.75) is 0 Å². The van der Waals surface area contributed by atoms with Gasteiger partial charge in [0.05, 0.1) is 27.8 Å². The van der Waals surface area contributed by atoms with Gasteiger partial charge in [0, 0.05) is 27.7 Å². The van der Waals surface area contributed by atoms with Gasteiger partial charge in [0.15, 0.2) is 5.82 Å². The van der Waals surface area contributed by atoms with Gasteiger partial charge >= 0.3 is 0 Å². The molecule has 21 heavy (non-hydrogen) atoms. The summed E-state index contributed by atoms with van der Waals surface area (Å²) < 4.78 is 54.2. The van der Waals surface area contributed by atoms with Crippen LogP contribution in [0.3, 0.4) is 0 Å². The Morgan fingerprint density at radius 1 is 1.05 bits per heavy atom. The number of benzene rings is 2. The second-order valence-corrected chi connectivity index (χ2v) is 5.21. The van der Waals surface area contributed by atoms with Gasteiger partial charge in [-0.2, -0.15) is 0 Å². The molecule has 0 bridgehead atoms. The van der Waals surface area contributed by atoms with Gasteiger partial charge < -0.3 is 9.47 Å². The third-order valence-electron chi connectivity index (χ3n) is 2.92. The first kappa shape index (κ1) is 8.34. The number of hydrogen-bond acceptors (Lipinski definition) is 4. The van der Waals surface area contributed by atoms with E-state index in [1.165, 1.54) is 18.2 Å². The van der Waals surface area contributed by atoms with Crippen LogP contribution in [0.5, 0.6) is 11.5 Å². The first-order chi connectivity index (χ1) is 12.5. The lowest BCUT2D eigenvalue weighted by Crippen LogP contribution is -1.93. The van der Waals surface area contributed by atoms with Crippen LogP contribution in [0.4, 0.5) is 0 Å². The topological polar surface area (TPSA) is 44.2 Å². The summed E-state index contributed by atoms with van der Waals surface area (Å²) in [4.78, 5) is 8.71. The van der Waals surface area contributed by atoms with Crippen LogP contribution in [0.15, 0.2) is 47.1 Å². The number of hydrogen-bond donors (Lipinski definition) is 0. The highest BCUT2D eigenvalue weighted by Crippen LogP contribution is 2.28. The molecular weight excluding hydrogens is 332 g/mol. The van der Waals surface area contributed by atoms with Crippen molar-refractivity contribution in [3.05, 3.63) is 47.1 Å². The standard InChI is InChI=1S/C16H13BrN2O2/c1-20-13-6-10(7-14(8-13)21-2)16-18-9-11-5-12(17)3-4-15(11)19-16/h3-9H,1-2H3/i1D3,2D3. The minimum absolute atomic E-state index is 0.0775. The normalized spacial score (nSPS) is 16.0. The maximum atomic E-state index is 7.25. The number of ether oxygens (including phenoxy) is 2. The third kappa shape index (κ3) is 2.83. The van der Waals surface area contributed by atoms with E-state index in [0.29, 0.717) is 11.1 Å². The molecule has 3 rings (SSSR count). The molecule has 1 aromatic heterocycles. The molecule has 5 heteroatoms. The maximum absolute atomic E-state index is 7.25. The molecule has 0 aliphatic carbocycles. The van der Waals surface area contributed by atoms with Crippen molar-refractivity contribution >= 4 is 26.8 Å². The lowest BCUT2D eigenvalue weighted by Gasteiger charge is -2.08. The van der Waals surface area contributed by atoms with E-state index in [2.05, 4.69) is 25.9 Å². The lowest BCUT2D eigenvalue weighted by molar-refractivity contribution is 0.394. The molecule has 0 atom stereocenters. The Bertz CT molecular complexity index is 957. The fraction of sp³-hybridized carbons (Fsp3) is 0.125. The quantitative estimate of drug-likeness (QED) is 0.713. The van der Waals surface area contributed by atoms with Crippen molar-refractivity contribution < 1.29 is 17.7 Å². The molecule has 2 aromatic carbocycles. The second-order valence-electron chi connectivity index (χ2n) is 4.29. The molecule has 0 saturated heterocycles. The average molecular weight is 351 g/mol. The molecule has 0 fully saturated rings. The molecule has 106 valence electrons. The molecule has 0 radical (unpaired) electrons. The van der Waals surface area contributed by atoms with Crippen LogP contribution >= 0.6 is 15.9 Å². The van der Waals surface area contributed by atoms with Gasteiger partial charge in [-0.1, -0.05) is 15.9 Å². The summed E-state index contributed by atoms with van der Waals surface area (Å²) in [6, 6.07) is 9.51. The third-order valence-corrected chi connectivity index (χ3v) is 3.41. The van der Waals surface area contributed by atoms with Gasteiger partial charge in [-0.05, 0) is 30.3 Å². The van der Waals surface area contributed by atoms with E-state index < -0.39 is 14.1 Å². The van der Waals surface area contributed by atoms with Gasteiger partial charge in [-0.15, -0.1) is 0 Å². The van der Waals surface area contributed by atoms with E-state index >= 15 is 0 Å². The van der Waals surface area contributed by atoms with Gasteiger partial charge in [-0.3, -0.25) is 0 Å². The summed E-state index contributed by atoms with van der Waals surface area (Å²) >= 11 is 3.38. The number of fused-ring (bicyclic) bond motifs is 1. The van der Waals surface area contributed by atoms with E-state index in [9.17, 15) is 0 Å². The summed E-state index contributed by atoms with van der Waals surface area (Å²) in [5.41, 5.74) is 1.03. The highest BCUT2D eigenvalue weighted by Gasteiger charge is 2.08. The molecule has 0 amide bonds. The van der Waals surface area contributed by atoms with Crippen molar-refractivity contribution in [2.24, 2.45) is 0 Å². The van der Waals surface area contributed by atoms with E-state index in [4.69, 9.17) is 17.7 Å². The van der Waals surface area contributed by atoms with Crippen molar-refractivity contribution in [2.75, 3.05) is 14.1 Å². The lowest BCUT2D eigenvalue weighted by atomic mass is 10.1. The van der Waals surface area contributed by atoms with E-state index in [0.717, 1.165) is 9.86 Å². The molecule has 0 unspecified atom stereocenters. The van der Waals surface area contributed by atoms with Crippen molar-refractivity contribution in [3.63, 3.8) is 0 Å². The second kappa shape index (κ2) is 5.69. The molecular formula is C16H13BrN2O2. The van der Waals surface area contributed by atoms with E-state index in [1.807, 2.05) is 12.1 Å². The van der Waals surface area contributed by atoms with Crippen LogP contribution < -0.4 is 9.47 Å². The Labute approximate surface area is 139 Å². The zero-order valence-corrected chi connectivity index (χ0v) is 12.2. The van der Waals surface area contributed by atoms with Crippen LogP contribution in [-0.4, -0.2) is 24.0 Å². The Hall–Kier alpha value is -2.14. The number of halogens is 1. The van der Waals surface area contributed by atoms with Gasteiger partial charge in [-0.25, -0.2) is 9.97 Å². The molecule has 3 aromatic rings. The minimum Gasteiger partial charge on any atom is -0.497 e. The fourth-order valence-corrected chi connectivity index (χ4v) is 2.34. The molecule has 4 nitrogen and oxygen atoms in total. The molecule has 0 saturated carbocycles. The van der Waals surface area contributed by atoms with Crippen LogP contribution in [0, 0.1) is 0 Å². The molecule has 0 aliphatic rings. The Morgan fingerprint density at radius 3 is 2.52 bits per heavy atom. The highest BCUT2D eigenvalue weighted by molar-refractivity contribution is 9.10. The van der Waals surface area contributed by atoms with Gasteiger partial charge in [0.1, 0.15) is 11.5 Å². The number of methoxy groups -OCH3 is 2.